The summed E-state index contributed by atoms with van der Waals surface area (Å²) in [6, 6.07) is 0.0914. The molecular weight excluding hydrogens is 340 g/mol. The van der Waals surface area contributed by atoms with Crippen LogP contribution < -0.4 is 0 Å². The smallest absolute Gasteiger partial charge is 0.273 e. The van der Waals surface area contributed by atoms with Gasteiger partial charge in [0.2, 0.25) is 0 Å². The summed E-state index contributed by atoms with van der Waals surface area (Å²) in [4.78, 5) is 22.9. The second-order valence-electron chi connectivity index (χ2n) is 6.60. The highest BCUT2D eigenvalue weighted by molar-refractivity contribution is 7.07. The van der Waals surface area contributed by atoms with Crippen LogP contribution in [0.2, 0.25) is 0 Å². The summed E-state index contributed by atoms with van der Waals surface area (Å²) in [5.74, 6) is 0.551. The number of fused-ring (bicyclic) bond motifs is 1. The Morgan fingerprint density at radius 1 is 1.36 bits per heavy atom. The maximum atomic E-state index is 12.6. The van der Waals surface area contributed by atoms with Gasteiger partial charge in [-0.1, -0.05) is 0 Å². The van der Waals surface area contributed by atoms with Crippen LogP contribution in [-0.2, 0) is 16.0 Å². The van der Waals surface area contributed by atoms with Gasteiger partial charge in [-0.25, -0.2) is 9.97 Å². The minimum atomic E-state index is -0.0249. The molecule has 25 heavy (non-hydrogen) atoms. The van der Waals surface area contributed by atoms with E-state index in [-0.39, 0.29) is 11.9 Å². The zero-order valence-corrected chi connectivity index (χ0v) is 14.9. The Hall–Kier alpha value is -1.77. The first kappa shape index (κ1) is 16.7. The molecule has 0 aliphatic carbocycles. The Kier molecular flexibility index (Phi) is 5.09. The van der Waals surface area contributed by atoms with Gasteiger partial charge in [0.1, 0.15) is 5.69 Å². The second-order valence-corrected chi connectivity index (χ2v) is 7.32. The van der Waals surface area contributed by atoms with Gasteiger partial charge in [0, 0.05) is 37.9 Å². The van der Waals surface area contributed by atoms with Gasteiger partial charge in [-0.3, -0.25) is 4.79 Å². The minimum Gasteiger partial charge on any atom is -0.381 e. The van der Waals surface area contributed by atoms with Crippen LogP contribution in [0.3, 0.4) is 0 Å². The van der Waals surface area contributed by atoms with Crippen LogP contribution in [-0.4, -0.2) is 58.3 Å². The van der Waals surface area contributed by atoms with E-state index in [0.717, 1.165) is 38.4 Å². The highest BCUT2D eigenvalue weighted by Gasteiger charge is 2.29. The summed E-state index contributed by atoms with van der Waals surface area (Å²) in [5, 5.41) is 1.80. The molecule has 1 amide bonds. The maximum Gasteiger partial charge on any atom is 0.273 e. The van der Waals surface area contributed by atoms with Crippen molar-refractivity contribution in [1.82, 2.24) is 19.4 Å². The number of nitrogens with zero attached hydrogens (tertiary/aromatic N) is 4. The van der Waals surface area contributed by atoms with Crippen LogP contribution in [0.1, 0.15) is 35.1 Å². The number of rotatable bonds is 5. The predicted octanol–water partition coefficient (Wildman–Crippen LogP) is 1.98. The van der Waals surface area contributed by atoms with Crippen molar-refractivity contribution in [1.29, 1.82) is 0 Å². The van der Waals surface area contributed by atoms with E-state index in [0.29, 0.717) is 31.3 Å². The molecule has 4 heterocycles. The lowest BCUT2D eigenvalue weighted by Gasteiger charge is -2.34. The van der Waals surface area contributed by atoms with E-state index in [4.69, 9.17) is 9.47 Å². The summed E-state index contributed by atoms with van der Waals surface area (Å²) in [6.45, 7) is 4.18. The van der Waals surface area contributed by atoms with Gasteiger partial charge in [0.05, 0.1) is 36.7 Å². The molecule has 8 heteroatoms. The van der Waals surface area contributed by atoms with E-state index in [1.165, 1.54) is 11.3 Å². The van der Waals surface area contributed by atoms with E-state index >= 15 is 0 Å². The minimum absolute atomic E-state index is 0.0249. The number of carbonyl (C=O) groups excluding carboxylic acids is 1. The fourth-order valence-corrected chi connectivity index (χ4v) is 3.96. The summed E-state index contributed by atoms with van der Waals surface area (Å²) >= 11 is 1.44. The third-order valence-electron chi connectivity index (χ3n) is 4.87. The lowest BCUT2D eigenvalue weighted by atomic mass is 10.0. The van der Waals surface area contributed by atoms with Crippen LogP contribution in [0.4, 0.5) is 0 Å². The van der Waals surface area contributed by atoms with Crippen LogP contribution in [0.15, 0.2) is 23.4 Å². The number of ether oxygens (including phenoxy) is 2. The molecule has 0 aromatic carbocycles. The molecule has 1 atom stereocenters. The third-order valence-corrected chi connectivity index (χ3v) is 5.45. The first-order chi connectivity index (χ1) is 12.3. The van der Waals surface area contributed by atoms with Crippen molar-refractivity contribution in [3.8, 4) is 0 Å². The molecular formula is C17H22N4O3S. The Balaban J connectivity index is 1.39. The Bertz CT molecular complexity index is 697. The van der Waals surface area contributed by atoms with Gasteiger partial charge >= 0.3 is 0 Å². The topological polar surface area (TPSA) is 69.5 Å². The molecule has 2 aliphatic heterocycles. The highest BCUT2D eigenvalue weighted by atomic mass is 32.1. The molecule has 0 N–H and O–H groups in total. The number of thiazole rings is 1. The lowest BCUT2D eigenvalue weighted by Crippen LogP contribution is -2.42. The molecule has 0 unspecified atom stereocenters. The van der Waals surface area contributed by atoms with Crippen molar-refractivity contribution in [2.45, 2.75) is 25.4 Å². The van der Waals surface area contributed by atoms with Crippen molar-refractivity contribution in [2.24, 2.45) is 5.92 Å². The van der Waals surface area contributed by atoms with Crippen LogP contribution in [0.25, 0.3) is 0 Å². The van der Waals surface area contributed by atoms with Crippen molar-refractivity contribution < 1.29 is 14.3 Å². The number of amides is 1. The molecule has 2 aromatic rings. The van der Waals surface area contributed by atoms with Crippen molar-refractivity contribution >= 4 is 17.2 Å². The molecule has 0 radical (unpaired) electrons. The van der Waals surface area contributed by atoms with Gasteiger partial charge in [-0.2, -0.15) is 0 Å². The van der Waals surface area contributed by atoms with Crippen molar-refractivity contribution in [2.75, 3.05) is 33.0 Å². The lowest BCUT2D eigenvalue weighted by molar-refractivity contribution is 0.00596. The van der Waals surface area contributed by atoms with Gasteiger partial charge in [0.15, 0.2) is 0 Å². The second kappa shape index (κ2) is 7.63. The van der Waals surface area contributed by atoms with Gasteiger partial charge < -0.3 is 18.9 Å². The van der Waals surface area contributed by atoms with Crippen LogP contribution in [0, 0.1) is 5.92 Å². The summed E-state index contributed by atoms with van der Waals surface area (Å²) in [5.41, 5.74) is 3.24. The van der Waals surface area contributed by atoms with E-state index in [1.807, 2.05) is 17.4 Å². The molecule has 0 spiro atoms. The molecule has 4 rings (SSSR count). The molecule has 0 bridgehead atoms. The quantitative estimate of drug-likeness (QED) is 0.813. The SMILES string of the molecule is O=C(c1cscn1)N1Cc2cncn2[C@@H](COCC2CCOCC2)C1. The van der Waals surface area contributed by atoms with Gasteiger partial charge in [0.25, 0.3) is 5.91 Å². The third kappa shape index (κ3) is 3.75. The predicted molar refractivity (Wildman–Crippen MR) is 92.5 cm³/mol. The number of imidazole rings is 1. The van der Waals surface area contributed by atoms with E-state index in [1.54, 1.807) is 10.9 Å². The van der Waals surface area contributed by atoms with Gasteiger partial charge in [-0.05, 0) is 18.8 Å². The average molecular weight is 362 g/mol. The fourth-order valence-electron chi connectivity index (χ4n) is 3.44. The Morgan fingerprint density at radius 3 is 3.04 bits per heavy atom. The number of hydrogen-bond acceptors (Lipinski definition) is 6. The maximum absolute atomic E-state index is 12.6. The van der Waals surface area contributed by atoms with Crippen LogP contribution in [0.5, 0.6) is 0 Å². The zero-order valence-electron chi connectivity index (χ0n) is 14.0. The summed E-state index contributed by atoms with van der Waals surface area (Å²) in [7, 11) is 0. The molecule has 2 aromatic heterocycles. The molecule has 1 fully saturated rings. The largest absolute Gasteiger partial charge is 0.381 e. The Labute approximate surface area is 150 Å². The monoisotopic (exact) mass is 362 g/mol. The van der Waals surface area contributed by atoms with E-state index in [2.05, 4.69) is 14.5 Å². The standard InChI is InChI=1S/C17H22N4O3S/c22-17(16-10-25-12-19-16)20-6-14-5-18-11-21(14)15(7-20)9-24-8-13-1-3-23-4-2-13/h5,10-13,15H,1-4,6-9H2/t15-/m1/s1. The zero-order chi connectivity index (χ0) is 17.1. The molecule has 7 nitrogen and oxygen atoms in total. The number of carbonyl (C=O) groups is 1. The van der Waals surface area contributed by atoms with Gasteiger partial charge in [-0.15, -0.1) is 11.3 Å². The highest BCUT2D eigenvalue weighted by Crippen LogP contribution is 2.23. The van der Waals surface area contributed by atoms with Crippen molar-refractivity contribution in [3.63, 3.8) is 0 Å². The Morgan fingerprint density at radius 2 is 2.24 bits per heavy atom. The van der Waals surface area contributed by atoms with Crippen LogP contribution >= 0.6 is 11.3 Å². The summed E-state index contributed by atoms with van der Waals surface area (Å²) < 4.78 is 13.5. The molecule has 134 valence electrons. The average Bonchev–Trinajstić information content (AvgIpc) is 3.33. The summed E-state index contributed by atoms with van der Waals surface area (Å²) in [6.07, 6.45) is 5.79. The first-order valence-electron chi connectivity index (χ1n) is 8.65. The normalized spacial score (nSPS) is 21.3. The van der Waals surface area contributed by atoms with E-state index in [9.17, 15) is 4.79 Å². The fraction of sp³-hybridized carbons (Fsp3) is 0.588. The first-order valence-corrected chi connectivity index (χ1v) is 9.59. The number of aromatic nitrogens is 3. The molecule has 1 saturated heterocycles. The van der Waals surface area contributed by atoms with Crippen molar-refractivity contribution in [3.05, 3.63) is 34.8 Å². The number of hydrogen-bond donors (Lipinski definition) is 0. The molecule has 2 aliphatic rings. The van der Waals surface area contributed by atoms with E-state index < -0.39 is 0 Å². The molecule has 0 saturated carbocycles.